The molecule has 0 aromatic carbocycles. The highest BCUT2D eigenvalue weighted by molar-refractivity contribution is 9.09. The molecule has 4 heteroatoms. The van der Waals surface area contributed by atoms with E-state index in [0.717, 1.165) is 0 Å². The Morgan fingerprint density at radius 1 is 1.75 bits per heavy atom. The summed E-state index contributed by atoms with van der Waals surface area (Å²) in [4.78, 5) is 10.2. The zero-order valence-electron chi connectivity index (χ0n) is 4.19. The Labute approximate surface area is 61.3 Å². The van der Waals surface area contributed by atoms with Gasteiger partial charge in [0.15, 0.2) is 0 Å². The van der Waals surface area contributed by atoms with Gasteiger partial charge in [0.05, 0.1) is 5.88 Å². The van der Waals surface area contributed by atoms with Crippen LogP contribution in [-0.2, 0) is 9.53 Å². The topological polar surface area (TPSA) is 26.3 Å². The number of hydrogen-bond acceptors (Lipinski definition) is 2. The van der Waals surface area contributed by atoms with Crippen molar-refractivity contribution in [2.45, 2.75) is 0 Å². The zero-order valence-corrected chi connectivity index (χ0v) is 6.54. The first kappa shape index (κ1) is 8.24. The third-order valence-electron chi connectivity index (χ3n) is 0.449. The van der Waals surface area contributed by atoms with Crippen LogP contribution in [0.25, 0.3) is 0 Å². The average molecular weight is 201 g/mol. The van der Waals surface area contributed by atoms with E-state index in [1.165, 1.54) is 0 Å². The minimum atomic E-state index is -0.273. The first-order valence-corrected chi connectivity index (χ1v) is 3.74. The summed E-state index contributed by atoms with van der Waals surface area (Å²) in [6.45, 7) is 0.298. The standard InChI is InChI=1S/C4H6BrClO2/c5-3-4(7)8-2-1-6/h1-3H2. The molecule has 0 radical (unpaired) electrons. The Hall–Kier alpha value is 0.240. The molecule has 0 saturated heterocycles. The zero-order chi connectivity index (χ0) is 6.41. The predicted octanol–water partition coefficient (Wildman–Crippen LogP) is 1.16. The van der Waals surface area contributed by atoms with E-state index in [-0.39, 0.29) is 11.3 Å². The summed E-state index contributed by atoms with van der Waals surface area (Å²) in [5.74, 6) is 0.0873. The molecule has 0 rings (SSSR count). The number of hydrogen-bond donors (Lipinski definition) is 0. The molecule has 0 atom stereocenters. The summed E-state index contributed by atoms with van der Waals surface area (Å²) in [5, 5.41) is 0.240. The second kappa shape index (κ2) is 5.38. The highest BCUT2D eigenvalue weighted by atomic mass is 79.9. The second-order valence-corrected chi connectivity index (χ2v) is 1.98. The van der Waals surface area contributed by atoms with E-state index in [4.69, 9.17) is 11.6 Å². The molecular weight excluding hydrogens is 195 g/mol. The predicted molar refractivity (Wildman–Crippen MR) is 35.5 cm³/mol. The van der Waals surface area contributed by atoms with Crippen LogP contribution in [0.2, 0.25) is 0 Å². The van der Waals surface area contributed by atoms with E-state index in [0.29, 0.717) is 12.5 Å². The van der Waals surface area contributed by atoms with E-state index in [1.54, 1.807) is 0 Å². The van der Waals surface area contributed by atoms with Gasteiger partial charge in [-0.2, -0.15) is 0 Å². The molecule has 0 aliphatic carbocycles. The fraction of sp³-hybridized carbons (Fsp3) is 0.750. The second-order valence-electron chi connectivity index (χ2n) is 1.04. The van der Waals surface area contributed by atoms with Gasteiger partial charge in [-0.1, -0.05) is 15.9 Å². The van der Waals surface area contributed by atoms with Crippen LogP contribution in [0.1, 0.15) is 0 Å². The van der Waals surface area contributed by atoms with Gasteiger partial charge in [0.25, 0.3) is 0 Å². The third kappa shape index (κ3) is 4.40. The highest BCUT2D eigenvalue weighted by Crippen LogP contribution is 1.85. The van der Waals surface area contributed by atoms with Gasteiger partial charge in [0.2, 0.25) is 0 Å². The Bertz CT molecular complexity index is 76.4. The van der Waals surface area contributed by atoms with Gasteiger partial charge in [0.1, 0.15) is 11.9 Å². The van der Waals surface area contributed by atoms with Crippen LogP contribution in [0.5, 0.6) is 0 Å². The monoisotopic (exact) mass is 200 g/mol. The minimum Gasteiger partial charge on any atom is -0.464 e. The number of halogens is 2. The van der Waals surface area contributed by atoms with Gasteiger partial charge in [-0.3, -0.25) is 4.79 Å². The maximum atomic E-state index is 10.2. The number of alkyl halides is 2. The molecule has 8 heavy (non-hydrogen) atoms. The number of rotatable bonds is 3. The van der Waals surface area contributed by atoms with Crippen LogP contribution >= 0.6 is 27.5 Å². The molecular formula is C4H6BrClO2. The molecule has 0 bridgehead atoms. The summed E-state index contributed by atoms with van der Waals surface area (Å²) in [5.41, 5.74) is 0. The van der Waals surface area contributed by atoms with Crippen LogP contribution in [0.15, 0.2) is 0 Å². The van der Waals surface area contributed by atoms with Crippen LogP contribution in [0.3, 0.4) is 0 Å². The lowest BCUT2D eigenvalue weighted by molar-refractivity contribution is -0.139. The molecule has 0 amide bonds. The molecule has 0 aromatic rings. The van der Waals surface area contributed by atoms with Crippen LogP contribution < -0.4 is 0 Å². The average Bonchev–Trinajstić information content (AvgIpc) is 1.83. The molecule has 0 N–H and O–H groups in total. The van der Waals surface area contributed by atoms with Crippen molar-refractivity contribution < 1.29 is 9.53 Å². The number of carbonyl (C=O) groups excluding carboxylic acids is 1. The highest BCUT2D eigenvalue weighted by Gasteiger charge is 1.95. The molecule has 48 valence electrons. The fourth-order valence-corrected chi connectivity index (χ4v) is 0.430. The Balaban J connectivity index is 2.99. The smallest absolute Gasteiger partial charge is 0.316 e. The largest absolute Gasteiger partial charge is 0.464 e. The molecule has 0 aliphatic rings. The van der Waals surface area contributed by atoms with Crippen molar-refractivity contribution in [1.29, 1.82) is 0 Å². The van der Waals surface area contributed by atoms with Crippen molar-refractivity contribution in [2.75, 3.05) is 17.8 Å². The van der Waals surface area contributed by atoms with E-state index >= 15 is 0 Å². The first-order valence-electron chi connectivity index (χ1n) is 2.08. The summed E-state index contributed by atoms with van der Waals surface area (Å²) in [7, 11) is 0. The summed E-state index contributed by atoms with van der Waals surface area (Å²) in [6, 6.07) is 0. The summed E-state index contributed by atoms with van der Waals surface area (Å²) < 4.78 is 4.52. The lowest BCUT2D eigenvalue weighted by atomic mass is 10.8. The number of ether oxygens (including phenoxy) is 1. The van der Waals surface area contributed by atoms with Gasteiger partial charge >= 0.3 is 5.97 Å². The van der Waals surface area contributed by atoms with E-state index in [9.17, 15) is 4.79 Å². The number of carbonyl (C=O) groups is 1. The van der Waals surface area contributed by atoms with Gasteiger partial charge in [-0.15, -0.1) is 11.6 Å². The molecule has 0 heterocycles. The van der Waals surface area contributed by atoms with Crippen molar-refractivity contribution in [3.63, 3.8) is 0 Å². The van der Waals surface area contributed by atoms with Gasteiger partial charge in [-0.05, 0) is 0 Å². The van der Waals surface area contributed by atoms with Crippen molar-refractivity contribution in [2.24, 2.45) is 0 Å². The van der Waals surface area contributed by atoms with E-state index in [1.807, 2.05) is 0 Å². The quantitative estimate of drug-likeness (QED) is 0.506. The van der Waals surface area contributed by atoms with E-state index < -0.39 is 0 Å². The maximum absolute atomic E-state index is 10.2. The van der Waals surface area contributed by atoms with Gasteiger partial charge in [0, 0.05) is 0 Å². The van der Waals surface area contributed by atoms with Crippen LogP contribution in [0.4, 0.5) is 0 Å². The Kier molecular flexibility index (Phi) is 5.54. The summed E-state index contributed by atoms with van der Waals surface area (Å²) >= 11 is 8.14. The Morgan fingerprint density at radius 3 is 2.75 bits per heavy atom. The molecule has 0 fully saturated rings. The molecule has 0 spiro atoms. The van der Waals surface area contributed by atoms with Crippen molar-refractivity contribution in [1.82, 2.24) is 0 Å². The third-order valence-corrected chi connectivity index (χ3v) is 1.06. The molecule has 2 nitrogen and oxygen atoms in total. The molecule has 0 aliphatic heterocycles. The molecule has 0 saturated carbocycles. The normalized spacial score (nSPS) is 8.75. The van der Waals surface area contributed by atoms with E-state index in [2.05, 4.69) is 20.7 Å². The summed E-state index contributed by atoms with van der Waals surface area (Å²) in [6.07, 6.45) is 0. The molecule has 0 aromatic heterocycles. The number of esters is 1. The maximum Gasteiger partial charge on any atom is 0.316 e. The molecule has 0 unspecified atom stereocenters. The lowest BCUT2D eigenvalue weighted by Gasteiger charge is -1.95. The van der Waals surface area contributed by atoms with Crippen molar-refractivity contribution in [3.05, 3.63) is 0 Å². The van der Waals surface area contributed by atoms with Crippen molar-refractivity contribution in [3.8, 4) is 0 Å². The van der Waals surface area contributed by atoms with Crippen LogP contribution in [0, 0.1) is 0 Å². The van der Waals surface area contributed by atoms with Crippen molar-refractivity contribution >= 4 is 33.5 Å². The van der Waals surface area contributed by atoms with Gasteiger partial charge < -0.3 is 4.74 Å². The van der Waals surface area contributed by atoms with Gasteiger partial charge in [-0.25, -0.2) is 0 Å². The minimum absolute atomic E-state index is 0.240. The lowest BCUT2D eigenvalue weighted by Crippen LogP contribution is -2.06. The van der Waals surface area contributed by atoms with Crippen LogP contribution in [-0.4, -0.2) is 23.8 Å². The fourth-order valence-electron chi connectivity index (χ4n) is 0.191. The Morgan fingerprint density at radius 2 is 2.38 bits per heavy atom. The first-order chi connectivity index (χ1) is 3.81. The SMILES string of the molecule is O=C(CBr)OCCCl.